The first-order chi connectivity index (χ1) is 13.8. The number of esters is 1. The second-order valence-electron chi connectivity index (χ2n) is 9.23. The zero-order chi connectivity index (χ0) is 23.1. The molecule has 30 heavy (non-hydrogen) atoms. The average Bonchev–Trinajstić information content (AvgIpc) is 3.18. The molecule has 6 nitrogen and oxygen atoms in total. The summed E-state index contributed by atoms with van der Waals surface area (Å²) in [4.78, 5) is 40.3. The summed E-state index contributed by atoms with van der Waals surface area (Å²) in [5.41, 5.74) is -0.325. The van der Waals surface area contributed by atoms with Gasteiger partial charge in [-0.15, -0.1) is 11.3 Å². The Labute approximate surface area is 184 Å². The minimum atomic E-state index is -0.676. The van der Waals surface area contributed by atoms with Crippen LogP contribution in [0.2, 0.25) is 0 Å². The number of hydrogen-bond donors (Lipinski definition) is 1. The monoisotopic (exact) mass is 436 g/mol. The van der Waals surface area contributed by atoms with E-state index in [2.05, 4.69) is 5.32 Å². The van der Waals surface area contributed by atoms with Crippen LogP contribution in [0.15, 0.2) is 29.2 Å². The molecule has 0 aliphatic rings. The van der Waals surface area contributed by atoms with Crippen LogP contribution in [0.25, 0.3) is 0 Å². The highest BCUT2D eigenvalue weighted by Crippen LogP contribution is 2.31. The standard InChI is InChI=1S/C23H36N2O4S/c1-9-29-21(28)16(2)12-13-25(8)20(27)19(22(3,4)5)24-18(26)15-23(6,7)17-11-10-14-30-17/h10-12,14,19H,9,13,15H2,1-8H3,(H,24,26)/b16-12+/t19-/m1/s1. The van der Waals surface area contributed by atoms with Crippen LogP contribution in [0.5, 0.6) is 0 Å². The van der Waals surface area contributed by atoms with Crippen molar-refractivity contribution in [1.29, 1.82) is 0 Å². The van der Waals surface area contributed by atoms with E-state index in [-0.39, 0.29) is 23.8 Å². The molecule has 2 amide bonds. The molecule has 0 aliphatic heterocycles. The summed E-state index contributed by atoms with van der Waals surface area (Å²) < 4.78 is 4.96. The van der Waals surface area contributed by atoms with Crippen LogP contribution in [-0.4, -0.2) is 48.9 Å². The fraction of sp³-hybridized carbons (Fsp3) is 0.609. The maximum Gasteiger partial charge on any atom is 0.333 e. The summed E-state index contributed by atoms with van der Waals surface area (Å²) in [7, 11) is 1.66. The summed E-state index contributed by atoms with van der Waals surface area (Å²) in [6.07, 6.45) is 1.95. The fourth-order valence-electron chi connectivity index (χ4n) is 2.93. The quantitative estimate of drug-likeness (QED) is 0.470. The molecular formula is C23H36N2O4S. The normalized spacial score (nSPS) is 13.5. The molecule has 0 saturated carbocycles. The highest BCUT2D eigenvalue weighted by atomic mass is 32.1. The van der Waals surface area contributed by atoms with Crippen molar-refractivity contribution in [2.45, 2.75) is 66.3 Å². The number of carbonyl (C=O) groups excluding carboxylic acids is 3. The van der Waals surface area contributed by atoms with Gasteiger partial charge in [-0.1, -0.05) is 46.8 Å². The lowest BCUT2D eigenvalue weighted by Gasteiger charge is -2.34. The number of nitrogens with zero attached hydrogens (tertiary/aromatic N) is 1. The zero-order valence-electron chi connectivity index (χ0n) is 19.5. The van der Waals surface area contributed by atoms with E-state index in [1.807, 2.05) is 52.1 Å². The van der Waals surface area contributed by atoms with Gasteiger partial charge >= 0.3 is 5.97 Å². The molecule has 1 N–H and O–H groups in total. The SMILES string of the molecule is CCOC(=O)/C(C)=C/CN(C)C(=O)[C@@H](NC(=O)CC(C)(C)c1cccs1)C(C)(C)C. The summed E-state index contributed by atoms with van der Waals surface area (Å²) in [5, 5.41) is 4.95. The second-order valence-corrected chi connectivity index (χ2v) is 10.2. The topological polar surface area (TPSA) is 75.7 Å². The molecule has 0 saturated heterocycles. The van der Waals surface area contributed by atoms with Crippen molar-refractivity contribution in [3.8, 4) is 0 Å². The second kappa shape index (κ2) is 10.8. The number of nitrogens with one attached hydrogen (secondary N) is 1. The van der Waals surface area contributed by atoms with E-state index in [0.29, 0.717) is 18.6 Å². The summed E-state index contributed by atoms with van der Waals surface area (Å²) in [5.74, 6) is -0.749. The summed E-state index contributed by atoms with van der Waals surface area (Å²) >= 11 is 1.62. The van der Waals surface area contributed by atoms with Gasteiger partial charge in [-0.25, -0.2) is 4.79 Å². The molecule has 1 aromatic heterocycles. The summed E-state index contributed by atoms with van der Waals surface area (Å²) in [6, 6.07) is 3.32. The number of thiophene rings is 1. The van der Waals surface area contributed by atoms with E-state index < -0.39 is 17.4 Å². The van der Waals surface area contributed by atoms with Crippen molar-refractivity contribution in [3.63, 3.8) is 0 Å². The van der Waals surface area contributed by atoms with Crippen molar-refractivity contribution >= 4 is 29.1 Å². The van der Waals surface area contributed by atoms with Gasteiger partial charge in [-0.2, -0.15) is 0 Å². The molecule has 168 valence electrons. The van der Waals surface area contributed by atoms with E-state index in [1.165, 1.54) is 4.90 Å². The smallest absolute Gasteiger partial charge is 0.333 e. The van der Waals surface area contributed by atoms with Crippen LogP contribution >= 0.6 is 11.3 Å². The predicted molar refractivity (Wildman–Crippen MR) is 121 cm³/mol. The molecule has 1 atom stereocenters. The first kappa shape index (κ1) is 25.9. The Morgan fingerprint density at radius 1 is 1.23 bits per heavy atom. The van der Waals surface area contributed by atoms with Gasteiger partial charge in [0.05, 0.1) is 6.61 Å². The van der Waals surface area contributed by atoms with Crippen LogP contribution < -0.4 is 5.32 Å². The molecular weight excluding hydrogens is 400 g/mol. The molecule has 0 unspecified atom stereocenters. The van der Waals surface area contributed by atoms with Crippen LogP contribution in [0.1, 0.15) is 59.8 Å². The van der Waals surface area contributed by atoms with Gasteiger partial charge in [-0.05, 0) is 30.7 Å². The van der Waals surface area contributed by atoms with Crippen molar-refractivity contribution in [2.75, 3.05) is 20.2 Å². The molecule has 0 fully saturated rings. The summed E-state index contributed by atoms with van der Waals surface area (Å²) in [6.45, 7) is 13.8. The minimum absolute atomic E-state index is 0.159. The first-order valence-corrected chi connectivity index (χ1v) is 11.1. The van der Waals surface area contributed by atoms with E-state index >= 15 is 0 Å². The van der Waals surface area contributed by atoms with Gasteiger partial charge in [0.25, 0.3) is 0 Å². The van der Waals surface area contributed by atoms with Crippen LogP contribution in [0.3, 0.4) is 0 Å². The molecule has 0 radical (unpaired) electrons. The van der Waals surface area contributed by atoms with Gasteiger partial charge in [0.2, 0.25) is 11.8 Å². The molecule has 1 rings (SSSR count). The largest absolute Gasteiger partial charge is 0.463 e. The number of rotatable bonds is 9. The van der Waals surface area contributed by atoms with Crippen molar-refractivity contribution in [3.05, 3.63) is 34.0 Å². The Bertz CT molecular complexity index is 761. The molecule has 1 aromatic rings. The molecule has 0 bridgehead atoms. The third-order valence-corrected chi connectivity index (χ3v) is 6.09. The van der Waals surface area contributed by atoms with Crippen molar-refractivity contribution < 1.29 is 19.1 Å². The molecule has 0 spiro atoms. The predicted octanol–water partition coefficient (Wildman–Crippen LogP) is 3.91. The Morgan fingerprint density at radius 3 is 2.37 bits per heavy atom. The Kier molecular flexibility index (Phi) is 9.28. The maximum atomic E-state index is 13.1. The third kappa shape index (κ3) is 7.59. The van der Waals surface area contributed by atoms with E-state index in [0.717, 1.165) is 4.88 Å². The number of amides is 2. The van der Waals surface area contributed by atoms with Gasteiger partial charge in [0, 0.05) is 35.9 Å². The Hall–Kier alpha value is -2.15. The van der Waals surface area contributed by atoms with Crippen LogP contribution in [-0.2, 0) is 24.5 Å². The Morgan fingerprint density at radius 2 is 1.87 bits per heavy atom. The number of hydrogen-bond acceptors (Lipinski definition) is 5. The molecule has 1 heterocycles. The number of likely N-dealkylation sites (N-methyl/N-ethyl adjacent to an activating group) is 1. The van der Waals surface area contributed by atoms with Gasteiger partial charge in [0.15, 0.2) is 0 Å². The number of ether oxygens (including phenoxy) is 1. The number of carbonyl (C=O) groups is 3. The molecule has 7 heteroatoms. The third-order valence-electron chi connectivity index (χ3n) is 4.85. The zero-order valence-corrected chi connectivity index (χ0v) is 20.3. The highest BCUT2D eigenvalue weighted by molar-refractivity contribution is 7.10. The van der Waals surface area contributed by atoms with E-state index in [1.54, 1.807) is 38.3 Å². The molecule has 0 aromatic carbocycles. The Balaban J connectivity index is 2.86. The highest BCUT2D eigenvalue weighted by Gasteiger charge is 2.36. The lowest BCUT2D eigenvalue weighted by molar-refractivity contribution is -0.139. The molecule has 0 aliphatic carbocycles. The van der Waals surface area contributed by atoms with E-state index in [9.17, 15) is 14.4 Å². The lowest BCUT2D eigenvalue weighted by Crippen LogP contribution is -2.54. The maximum absolute atomic E-state index is 13.1. The van der Waals surface area contributed by atoms with Crippen LogP contribution in [0.4, 0.5) is 0 Å². The van der Waals surface area contributed by atoms with E-state index in [4.69, 9.17) is 4.74 Å². The van der Waals surface area contributed by atoms with Crippen molar-refractivity contribution in [2.24, 2.45) is 5.41 Å². The first-order valence-electron chi connectivity index (χ1n) is 10.2. The lowest BCUT2D eigenvalue weighted by atomic mass is 9.84. The minimum Gasteiger partial charge on any atom is -0.463 e. The average molecular weight is 437 g/mol. The van der Waals surface area contributed by atoms with Crippen LogP contribution in [0, 0.1) is 5.41 Å². The van der Waals surface area contributed by atoms with Crippen molar-refractivity contribution in [1.82, 2.24) is 10.2 Å². The van der Waals surface area contributed by atoms with Gasteiger partial charge in [-0.3, -0.25) is 9.59 Å². The fourth-order valence-corrected chi connectivity index (χ4v) is 3.78. The van der Waals surface area contributed by atoms with Gasteiger partial charge < -0.3 is 15.0 Å². The van der Waals surface area contributed by atoms with Gasteiger partial charge in [0.1, 0.15) is 6.04 Å².